The minimum atomic E-state index is -2.46. The lowest BCUT2D eigenvalue weighted by molar-refractivity contribution is 0.101. The number of rotatable bonds is 18. The van der Waals surface area contributed by atoms with Gasteiger partial charge in [-0.05, 0) is 148 Å². The fourth-order valence-corrected chi connectivity index (χ4v) is 10.9. The van der Waals surface area contributed by atoms with E-state index in [1.165, 1.54) is 76.1 Å². The SMILES string of the molecule is C=S(C)(=O)c1cccc(NC(=O)c2nc3ccccc3nc2Oc2ccc(F)cc2OC)c1.CCC1=Nc2cc(NC(=O)c3nc4ccccc4nc3Oc3ccc(F)cc3OC)ccc2C1.COc1cc(F)ccc1Oc1nc2ccccc2nc1C(=O)Nc1cccc(C2=NN=NC2)c1. The quantitative estimate of drug-likeness (QED) is 0.0673. The number of fused-ring (bicyclic) bond motifs is 4. The van der Waals surface area contributed by atoms with Gasteiger partial charge >= 0.3 is 0 Å². The molecule has 3 amide bonds. The Hall–Kier alpha value is -13.0. The highest BCUT2D eigenvalue weighted by molar-refractivity contribution is 7.99. The number of anilines is 3. The zero-order chi connectivity index (χ0) is 70.7. The Labute approximate surface area is 574 Å². The summed E-state index contributed by atoms with van der Waals surface area (Å²) in [5, 5.41) is 19.9. The number of hydrogen-bond acceptors (Lipinski definition) is 20. The molecule has 0 saturated carbocycles. The summed E-state index contributed by atoms with van der Waals surface area (Å²) in [5.41, 5.74) is 9.12. The number of nitrogens with zero attached hydrogens (tertiary/aromatic N) is 10. The first-order chi connectivity index (χ1) is 48.9. The van der Waals surface area contributed by atoms with Crippen LogP contribution in [0, 0.1) is 17.5 Å². The van der Waals surface area contributed by atoms with Crippen molar-refractivity contribution in [2.24, 2.45) is 20.4 Å². The summed E-state index contributed by atoms with van der Waals surface area (Å²) in [5.74, 6) is 1.48. The van der Waals surface area contributed by atoms with Gasteiger partial charge in [-0.1, -0.05) is 67.6 Å². The lowest BCUT2D eigenvalue weighted by atomic mass is 10.1. The molecule has 1 unspecified atom stereocenters. The van der Waals surface area contributed by atoms with Gasteiger partial charge in [-0.3, -0.25) is 23.6 Å². The highest BCUT2D eigenvalue weighted by Crippen LogP contribution is 2.38. The zero-order valence-corrected chi connectivity index (χ0v) is 55.2. The second kappa shape index (κ2) is 30.2. The van der Waals surface area contributed by atoms with Gasteiger partial charge in [0.05, 0.1) is 65.8 Å². The monoisotopic (exact) mass is 1380 g/mol. The number of nitrogens with one attached hydrogen (secondary N) is 3. The van der Waals surface area contributed by atoms with Crippen molar-refractivity contribution in [2.45, 2.75) is 24.7 Å². The maximum absolute atomic E-state index is 13.6. The van der Waals surface area contributed by atoms with E-state index in [0.717, 1.165) is 41.4 Å². The number of amides is 3. The summed E-state index contributed by atoms with van der Waals surface area (Å²) in [6, 6.07) is 52.0. The molecule has 12 aromatic rings. The van der Waals surface area contributed by atoms with Crippen LogP contribution in [0.15, 0.2) is 219 Å². The van der Waals surface area contributed by atoms with Gasteiger partial charge in [0.2, 0.25) is 0 Å². The van der Waals surface area contributed by atoms with E-state index < -0.39 is 44.7 Å². The maximum Gasteiger partial charge on any atom is 0.279 e. The van der Waals surface area contributed by atoms with Crippen LogP contribution in [0.3, 0.4) is 0 Å². The first kappa shape index (κ1) is 67.9. The Balaban J connectivity index is 0.000000143. The molecule has 23 nitrogen and oxygen atoms in total. The molecule has 0 saturated heterocycles. The fourth-order valence-electron chi connectivity index (χ4n) is 10.2. The van der Waals surface area contributed by atoms with Crippen LogP contribution in [0.1, 0.15) is 55.9 Å². The van der Waals surface area contributed by atoms with Crippen molar-refractivity contribution in [2.75, 3.05) is 50.1 Å². The van der Waals surface area contributed by atoms with Crippen LogP contribution < -0.4 is 44.4 Å². The largest absolute Gasteiger partial charge is 0.493 e. The predicted octanol–water partition coefficient (Wildman–Crippen LogP) is 15.4. The Morgan fingerprint density at radius 1 is 0.475 bits per heavy atom. The zero-order valence-electron chi connectivity index (χ0n) is 54.4. The second-order valence-electron chi connectivity index (χ2n) is 22.3. The first-order valence-corrected chi connectivity index (χ1v) is 33.0. The van der Waals surface area contributed by atoms with Crippen LogP contribution in [-0.2, 0) is 15.9 Å². The number of carbonyl (C=O) groups excluding carboxylic acids is 3. The van der Waals surface area contributed by atoms with Gasteiger partial charge in [-0.15, -0.1) is 5.10 Å². The third-order valence-corrected chi connectivity index (χ3v) is 16.4. The van der Waals surface area contributed by atoms with Crippen molar-refractivity contribution in [3.63, 3.8) is 0 Å². The molecule has 101 heavy (non-hydrogen) atoms. The fraction of sp³-hybridized carbons (Fsp3) is 0.108. The summed E-state index contributed by atoms with van der Waals surface area (Å²) in [4.78, 5) is 71.6. The van der Waals surface area contributed by atoms with Gasteiger partial charge in [0.25, 0.3) is 35.4 Å². The van der Waals surface area contributed by atoms with Crippen molar-refractivity contribution < 1.29 is 60.2 Å². The molecule has 0 radical (unpaired) electrons. The van der Waals surface area contributed by atoms with Crippen LogP contribution >= 0.6 is 0 Å². The molecule has 9 aromatic carbocycles. The standard InChI is InChI=1S/C26H21FN4O3.C24H17FN6O3.C24H20FN3O4S/c1-3-17-12-15-8-10-18(14-21(15)28-17)29-25(32)24-26(31-20-7-5-4-6-19(20)30-24)34-22-11-9-16(27)13-23(22)33-2;1-33-21-12-15(25)9-10-20(21)34-24-22(28-17-7-2-3-8-18(17)29-24)23(32)27-16-6-4-5-14(11-16)19-13-26-31-30-19;1-31-21-13-15(25)11-12-20(21)32-24-22(27-18-9-4-5-10-19(18)28-24)23(29)26-16-7-6-8-17(14-16)33(2,3)30/h4-11,13-14H,3,12H2,1-2H3,(H,29,32);2-12H,13H2,1H3,(H,27,32);4-14H,2H2,1,3H3,(H,26,29). The van der Waals surface area contributed by atoms with E-state index in [9.17, 15) is 31.8 Å². The Bertz CT molecular complexity index is 5450. The number of aromatic nitrogens is 6. The summed E-state index contributed by atoms with van der Waals surface area (Å²) in [6.07, 6.45) is 3.23. The average Bonchev–Trinajstić information content (AvgIpc) is 0.840. The minimum absolute atomic E-state index is 0.0108. The maximum atomic E-state index is 13.6. The number of ether oxygens (including phenoxy) is 6. The smallest absolute Gasteiger partial charge is 0.279 e. The molecule has 2 aliphatic heterocycles. The van der Waals surface area contributed by atoms with Crippen molar-refractivity contribution in [1.29, 1.82) is 0 Å². The molecule has 3 N–H and O–H groups in total. The van der Waals surface area contributed by atoms with Crippen LogP contribution in [0.5, 0.6) is 52.1 Å². The number of aliphatic imine (C=N–C) groups is 1. The van der Waals surface area contributed by atoms with E-state index in [2.05, 4.69) is 79.1 Å². The molecular weight excluding hydrogens is 1320 g/mol. The van der Waals surface area contributed by atoms with Crippen molar-refractivity contribution in [3.8, 4) is 52.1 Å². The molecule has 2 aliphatic rings. The third-order valence-electron chi connectivity index (χ3n) is 15.2. The predicted molar refractivity (Wildman–Crippen MR) is 378 cm³/mol. The van der Waals surface area contributed by atoms with Crippen molar-refractivity contribution >= 4 is 100 Å². The Kier molecular flexibility index (Phi) is 20.3. The molecule has 0 bridgehead atoms. The van der Waals surface area contributed by atoms with Gasteiger partial charge in [0, 0.05) is 64.1 Å². The van der Waals surface area contributed by atoms with Gasteiger partial charge in [-0.25, -0.2) is 43.1 Å². The van der Waals surface area contributed by atoms with Gasteiger partial charge in [-0.2, -0.15) is 5.11 Å². The molecule has 3 aromatic heterocycles. The topological polar surface area (TPSA) is 287 Å². The van der Waals surface area contributed by atoms with E-state index >= 15 is 0 Å². The highest BCUT2D eigenvalue weighted by atomic mass is 32.2. The molecule has 0 aliphatic carbocycles. The van der Waals surface area contributed by atoms with E-state index in [1.54, 1.807) is 103 Å². The lowest BCUT2D eigenvalue weighted by Gasteiger charge is -2.13. The summed E-state index contributed by atoms with van der Waals surface area (Å²) in [6.45, 7) is 2.45. The number of hydrogen-bond donors (Lipinski definition) is 3. The van der Waals surface area contributed by atoms with Crippen LogP contribution in [0.4, 0.5) is 35.9 Å². The number of methoxy groups -OCH3 is 3. The van der Waals surface area contributed by atoms with E-state index in [1.807, 2.05) is 36.4 Å². The summed E-state index contributed by atoms with van der Waals surface area (Å²) in [7, 11) is 1.71. The Morgan fingerprint density at radius 3 is 1.28 bits per heavy atom. The van der Waals surface area contributed by atoms with Crippen LogP contribution in [0.25, 0.3) is 33.1 Å². The molecule has 1 atom stereocenters. The van der Waals surface area contributed by atoms with E-state index in [4.69, 9.17) is 28.4 Å². The van der Waals surface area contributed by atoms with Crippen LogP contribution in [-0.4, -0.2) is 103 Å². The number of halogens is 3. The van der Waals surface area contributed by atoms with Crippen molar-refractivity contribution in [3.05, 3.63) is 240 Å². The van der Waals surface area contributed by atoms with Crippen molar-refractivity contribution in [1.82, 2.24) is 29.9 Å². The van der Waals surface area contributed by atoms with Gasteiger partial charge < -0.3 is 44.4 Å². The normalized spacial score (nSPS) is 12.5. The second-order valence-corrected chi connectivity index (χ2v) is 24.7. The first-order valence-electron chi connectivity index (χ1n) is 30.8. The molecule has 14 rings (SSSR count). The number of benzene rings is 9. The molecule has 506 valence electrons. The lowest BCUT2D eigenvalue weighted by Crippen LogP contribution is -2.16. The number of carbonyl (C=O) groups is 3. The molecule has 0 fully saturated rings. The molecule has 27 heteroatoms. The molecule has 0 spiro atoms. The average molecular weight is 1380 g/mol. The minimum Gasteiger partial charge on any atom is -0.493 e. The van der Waals surface area contributed by atoms with E-state index in [0.29, 0.717) is 67.3 Å². The van der Waals surface area contributed by atoms with Crippen LogP contribution in [0.2, 0.25) is 0 Å². The highest BCUT2D eigenvalue weighted by Gasteiger charge is 2.26. The summed E-state index contributed by atoms with van der Waals surface area (Å²) >= 11 is 0. The number of para-hydroxylation sites is 6. The van der Waals surface area contributed by atoms with Gasteiger partial charge in [0.1, 0.15) is 24.0 Å². The molecular formula is C74H58F3N13O10S. The Morgan fingerprint density at radius 2 is 0.881 bits per heavy atom. The van der Waals surface area contributed by atoms with Gasteiger partial charge in [0.15, 0.2) is 51.6 Å². The third kappa shape index (κ3) is 16.2. The van der Waals surface area contributed by atoms with E-state index in [-0.39, 0.29) is 69.2 Å². The summed E-state index contributed by atoms with van der Waals surface area (Å²) < 4.78 is 86.4. The molecule has 5 heterocycles.